The van der Waals surface area contributed by atoms with Crippen molar-refractivity contribution >= 4 is 12.1 Å². The Balaban J connectivity index is 1.88. The first-order chi connectivity index (χ1) is 16.3. The molecule has 0 fully saturated rings. The van der Waals surface area contributed by atoms with E-state index in [1.807, 2.05) is 69.2 Å². The largest absolute Gasteiger partial charge is 0.490 e. The number of carbonyl (C=O) groups is 2. The van der Waals surface area contributed by atoms with Gasteiger partial charge in [0.1, 0.15) is 29.8 Å². The van der Waals surface area contributed by atoms with Crippen LogP contribution in [0.15, 0.2) is 36.8 Å². The number of alkyl carbamates (subject to hydrolysis) is 1. The van der Waals surface area contributed by atoms with Crippen molar-refractivity contribution in [3.63, 3.8) is 0 Å². The second kappa shape index (κ2) is 12.0. The summed E-state index contributed by atoms with van der Waals surface area (Å²) in [5.41, 5.74) is 0.875. The van der Waals surface area contributed by atoms with Gasteiger partial charge in [-0.3, -0.25) is 4.84 Å². The molecular weight excluding hydrogens is 452 g/mol. The Bertz CT molecular complexity index is 973. The zero-order valence-corrected chi connectivity index (χ0v) is 21.8. The Morgan fingerprint density at radius 2 is 1.69 bits per heavy atom. The Kier molecular flexibility index (Phi) is 9.67. The van der Waals surface area contributed by atoms with Gasteiger partial charge in [0, 0.05) is 18.5 Å². The number of carbonyl (C=O) groups excluding carboxylic acids is 2. The molecule has 1 atom stereocenters. The number of hydrogen-bond acceptors (Lipinski definition) is 7. The van der Waals surface area contributed by atoms with Crippen molar-refractivity contribution in [2.75, 3.05) is 13.2 Å². The lowest BCUT2D eigenvalue weighted by atomic mass is 10.1. The van der Waals surface area contributed by atoms with Gasteiger partial charge in [-0.1, -0.05) is 0 Å². The Morgan fingerprint density at radius 3 is 2.26 bits per heavy atom. The highest BCUT2D eigenvalue weighted by molar-refractivity contribution is 5.75. The van der Waals surface area contributed by atoms with Gasteiger partial charge in [0.05, 0.1) is 13.6 Å². The van der Waals surface area contributed by atoms with E-state index in [-0.39, 0.29) is 6.61 Å². The summed E-state index contributed by atoms with van der Waals surface area (Å²) >= 11 is 0. The van der Waals surface area contributed by atoms with Crippen molar-refractivity contribution in [2.24, 2.45) is 12.9 Å². The summed E-state index contributed by atoms with van der Waals surface area (Å²) in [5, 5.41) is 2.77. The number of nitrogens with two attached hydrogens (primary N) is 1. The SMILES string of the molecule is Cn1c[n+](CCCNC(=O)OC(C)(C)C)cc1-c1ccc(OCC(ON)C(=O)OC(C)(C)C)cc1. The van der Waals surface area contributed by atoms with Crippen LogP contribution in [0.3, 0.4) is 0 Å². The van der Waals surface area contributed by atoms with Gasteiger partial charge in [-0.2, -0.15) is 0 Å². The average molecular weight is 492 g/mol. The van der Waals surface area contributed by atoms with E-state index in [2.05, 4.69) is 9.88 Å². The van der Waals surface area contributed by atoms with Crippen LogP contribution in [0, 0.1) is 0 Å². The molecule has 1 aromatic heterocycles. The van der Waals surface area contributed by atoms with Crippen LogP contribution in [0.25, 0.3) is 11.3 Å². The summed E-state index contributed by atoms with van der Waals surface area (Å²) in [5.74, 6) is 5.25. The average Bonchev–Trinajstić information content (AvgIpc) is 3.10. The molecule has 0 aliphatic rings. The highest BCUT2D eigenvalue weighted by Gasteiger charge is 2.26. The molecule has 1 aromatic carbocycles. The van der Waals surface area contributed by atoms with E-state index in [9.17, 15) is 9.59 Å². The van der Waals surface area contributed by atoms with E-state index < -0.39 is 29.4 Å². The summed E-state index contributed by atoms with van der Waals surface area (Å²) in [6.07, 6.45) is 3.38. The van der Waals surface area contributed by atoms with Crippen molar-refractivity contribution in [3.05, 3.63) is 36.8 Å². The molecule has 1 amide bonds. The Hall–Kier alpha value is -3.11. The van der Waals surface area contributed by atoms with Crippen LogP contribution < -0.4 is 20.5 Å². The smallest absolute Gasteiger partial charge is 0.407 e. The number of ether oxygens (including phenoxy) is 3. The van der Waals surface area contributed by atoms with Crippen molar-refractivity contribution in [3.8, 4) is 17.0 Å². The monoisotopic (exact) mass is 491 g/mol. The molecule has 0 spiro atoms. The van der Waals surface area contributed by atoms with E-state index in [1.165, 1.54) is 0 Å². The van der Waals surface area contributed by atoms with Crippen LogP contribution in [-0.4, -0.2) is 47.1 Å². The van der Waals surface area contributed by atoms with Crippen molar-refractivity contribution in [2.45, 2.75) is 71.8 Å². The minimum Gasteiger partial charge on any atom is -0.490 e. The summed E-state index contributed by atoms with van der Waals surface area (Å²) in [7, 11) is 1.97. The number of amides is 1. The molecule has 10 nitrogen and oxygen atoms in total. The number of imidazole rings is 1. The molecule has 0 bridgehead atoms. The van der Waals surface area contributed by atoms with E-state index in [0.717, 1.165) is 24.2 Å². The summed E-state index contributed by atoms with van der Waals surface area (Å²) in [4.78, 5) is 28.6. The Labute approximate surface area is 207 Å². The highest BCUT2D eigenvalue weighted by Crippen LogP contribution is 2.22. The lowest BCUT2D eigenvalue weighted by molar-refractivity contribution is -0.696. The van der Waals surface area contributed by atoms with Crippen molar-refractivity contribution in [1.29, 1.82) is 0 Å². The fraction of sp³-hybridized carbons (Fsp3) is 0.560. The van der Waals surface area contributed by atoms with Gasteiger partial charge in [-0.05, 0) is 65.8 Å². The molecule has 35 heavy (non-hydrogen) atoms. The number of hydrogen-bond donors (Lipinski definition) is 2. The lowest BCUT2D eigenvalue weighted by Gasteiger charge is -2.22. The molecule has 1 unspecified atom stereocenters. The molecule has 10 heteroatoms. The molecule has 1 heterocycles. The maximum absolute atomic E-state index is 12.1. The van der Waals surface area contributed by atoms with Crippen LogP contribution in [0.2, 0.25) is 0 Å². The van der Waals surface area contributed by atoms with E-state index in [1.54, 1.807) is 20.8 Å². The highest BCUT2D eigenvalue weighted by atomic mass is 16.7. The number of aryl methyl sites for hydroxylation is 2. The summed E-state index contributed by atoms with van der Waals surface area (Å²) in [6, 6.07) is 7.51. The van der Waals surface area contributed by atoms with Gasteiger partial charge in [-0.15, -0.1) is 0 Å². The van der Waals surface area contributed by atoms with E-state index in [0.29, 0.717) is 12.3 Å². The number of benzene rings is 1. The van der Waals surface area contributed by atoms with Gasteiger partial charge < -0.3 is 19.5 Å². The molecule has 194 valence electrons. The predicted octanol–water partition coefficient (Wildman–Crippen LogP) is 2.87. The first-order valence-electron chi connectivity index (χ1n) is 11.6. The van der Waals surface area contributed by atoms with E-state index in [4.69, 9.17) is 24.9 Å². The molecule has 0 aliphatic carbocycles. The van der Waals surface area contributed by atoms with Crippen LogP contribution in [0.4, 0.5) is 4.79 Å². The van der Waals surface area contributed by atoms with Crippen molar-refractivity contribution in [1.82, 2.24) is 9.88 Å². The fourth-order valence-electron chi connectivity index (χ4n) is 3.16. The van der Waals surface area contributed by atoms with Gasteiger partial charge >= 0.3 is 12.1 Å². The molecule has 2 rings (SSSR count). The minimum atomic E-state index is -1.02. The molecule has 3 N–H and O–H groups in total. The number of rotatable bonds is 10. The maximum atomic E-state index is 12.1. The number of aromatic nitrogens is 2. The zero-order valence-electron chi connectivity index (χ0n) is 21.8. The van der Waals surface area contributed by atoms with Crippen LogP contribution in [0.5, 0.6) is 5.75 Å². The van der Waals surface area contributed by atoms with Crippen LogP contribution in [0.1, 0.15) is 48.0 Å². The molecule has 0 radical (unpaired) electrons. The third-order valence-corrected chi connectivity index (χ3v) is 4.64. The van der Waals surface area contributed by atoms with Gasteiger partial charge in [0.2, 0.25) is 12.4 Å². The summed E-state index contributed by atoms with van der Waals surface area (Å²) < 4.78 is 20.3. The van der Waals surface area contributed by atoms with Crippen LogP contribution in [-0.2, 0) is 32.7 Å². The maximum Gasteiger partial charge on any atom is 0.407 e. The van der Waals surface area contributed by atoms with Gasteiger partial charge in [0.15, 0.2) is 5.69 Å². The topological polar surface area (TPSA) is 118 Å². The summed E-state index contributed by atoms with van der Waals surface area (Å²) in [6.45, 7) is 12.0. The normalized spacial score (nSPS) is 12.7. The second-order valence-corrected chi connectivity index (χ2v) is 10.3. The Morgan fingerprint density at radius 1 is 1.06 bits per heavy atom. The van der Waals surface area contributed by atoms with Gasteiger partial charge in [-0.25, -0.2) is 24.6 Å². The molecule has 0 saturated carbocycles. The number of nitrogens with zero attached hydrogens (tertiary/aromatic N) is 2. The quantitative estimate of drug-likeness (QED) is 0.227. The standard InChI is InChI=1S/C25H38N4O6/c1-24(2,3)33-22(30)21(35-26)16-32-19-11-9-18(10-12-19)20-15-29(17-28(20)7)14-8-13-27-23(31)34-25(4,5)6/h9-12,15,17,21H,8,13-14,16,26H2,1-7H3/p+1. The van der Waals surface area contributed by atoms with E-state index >= 15 is 0 Å². The number of esters is 1. The number of nitrogens with one attached hydrogen (secondary N) is 1. The molecule has 0 aliphatic heterocycles. The molecule has 0 saturated heterocycles. The molecule has 2 aromatic rings. The molecular formula is C25H39N4O6+. The first-order valence-corrected chi connectivity index (χ1v) is 11.6. The lowest BCUT2D eigenvalue weighted by Crippen LogP contribution is -2.38. The fourth-order valence-corrected chi connectivity index (χ4v) is 3.16. The predicted molar refractivity (Wildman–Crippen MR) is 130 cm³/mol. The first kappa shape index (κ1) is 28.1. The second-order valence-electron chi connectivity index (χ2n) is 10.3. The van der Waals surface area contributed by atoms with Crippen molar-refractivity contribution < 1.29 is 33.2 Å². The van der Waals surface area contributed by atoms with Crippen LogP contribution >= 0.6 is 0 Å². The van der Waals surface area contributed by atoms with Gasteiger partial charge in [0.25, 0.3) is 0 Å². The zero-order chi connectivity index (χ0) is 26.2. The third-order valence-electron chi connectivity index (χ3n) is 4.64. The minimum absolute atomic E-state index is 0.0632. The third kappa shape index (κ3) is 9.96.